The summed E-state index contributed by atoms with van der Waals surface area (Å²) in [5.74, 6) is 1.26. The van der Waals surface area contributed by atoms with E-state index in [9.17, 15) is 9.59 Å². The first-order chi connectivity index (χ1) is 16.1. The van der Waals surface area contributed by atoms with Gasteiger partial charge >= 0.3 is 0 Å². The Morgan fingerprint density at radius 1 is 0.879 bits per heavy atom. The molecule has 176 valence electrons. The van der Waals surface area contributed by atoms with Crippen molar-refractivity contribution >= 4 is 17.5 Å². The van der Waals surface area contributed by atoms with Crippen LogP contribution in [0, 0.1) is 5.92 Å². The molecule has 2 N–H and O–H groups in total. The maximum absolute atomic E-state index is 12.7. The summed E-state index contributed by atoms with van der Waals surface area (Å²) < 4.78 is 10.5. The number of benzene rings is 2. The third-order valence-electron chi connectivity index (χ3n) is 6.77. The van der Waals surface area contributed by atoms with Crippen molar-refractivity contribution in [3.8, 4) is 11.5 Å². The number of nitrogens with zero attached hydrogens (tertiary/aromatic N) is 1. The van der Waals surface area contributed by atoms with E-state index in [1.807, 2.05) is 0 Å². The van der Waals surface area contributed by atoms with Gasteiger partial charge in [-0.2, -0.15) is 0 Å². The summed E-state index contributed by atoms with van der Waals surface area (Å²) in [6.07, 6.45) is 6.23. The number of carbonyl (C=O) groups excluding carboxylic acids is 2. The Bertz CT molecular complexity index is 952. The normalized spacial score (nSPS) is 20.4. The van der Waals surface area contributed by atoms with Crippen molar-refractivity contribution < 1.29 is 19.1 Å². The lowest BCUT2D eigenvalue weighted by Crippen LogP contribution is -2.51. The quantitative estimate of drug-likeness (QED) is 0.666. The number of ether oxygens (including phenoxy) is 2. The summed E-state index contributed by atoms with van der Waals surface area (Å²) in [6, 6.07) is 12.6. The number of piperidine rings is 2. The first-order valence-electron chi connectivity index (χ1n) is 11.7. The highest BCUT2D eigenvalue weighted by atomic mass is 16.5. The SMILES string of the molecule is COc1cc(OC)cc(C(=O)Nc2ccc(C(=O)NC[C@@H]3CCCN4CCCC[C@H]34)cc2)c1. The zero-order chi connectivity index (χ0) is 23.2. The van der Waals surface area contributed by atoms with Gasteiger partial charge in [0.05, 0.1) is 14.2 Å². The molecule has 0 spiro atoms. The molecule has 0 unspecified atom stereocenters. The van der Waals surface area contributed by atoms with Crippen LogP contribution >= 0.6 is 0 Å². The number of methoxy groups -OCH3 is 2. The van der Waals surface area contributed by atoms with Crippen LogP contribution in [0.15, 0.2) is 42.5 Å². The molecule has 2 fully saturated rings. The Morgan fingerprint density at radius 2 is 1.58 bits per heavy atom. The highest BCUT2D eigenvalue weighted by Gasteiger charge is 2.32. The first kappa shape index (κ1) is 23.1. The van der Waals surface area contributed by atoms with E-state index >= 15 is 0 Å². The number of nitrogens with one attached hydrogen (secondary N) is 2. The van der Waals surface area contributed by atoms with Gasteiger partial charge in [0.15, 0.2) is 0 Å². The van der Waals surface area contributed by atoms with Crippen LogP contribution in [0.2, 0.25) is 0 Å². The molecule has 0 radical (unpaired) electrons. The molecule has 0 aromatic heterocycles. The number of fused-ring (bicyclic) bond motifs is 1. The molecule has 7 heteroatoms. The second-order valence-corrected chi connectivity index (χ2v) is 8.84. The molecule has 2 amide bonds. The predicted molar refractivity (Wildman–Crippen MR) is 128 cm³/mol. The molecule has 0 saturated carbocycles. The Balaban J connectivity index is 1.33. The van der Waals surface area contributed by atoms with Crippen LogP contribution in [0.5, 0.6) is 11.5 Å². The average Bonchev–Trinajstić information content (AvgIpc) is 2.87. The zero-order valence-corrected chi connectivity index (χ0v) is 19.4. The van der Waals surface area contributed by atoms with Crippen molar-refractivity contribution in [1.29, 1.82) is 0 Å². The number of hydrogen-bond acceptors (Lipinski definition) is 5. The van der Waals surface area contributed by atoms with Gasteiger partial charge in [-0.1, -0.05) is 6.42 Å². The average molecular weight is 452 g/mol. The molecule has 0 aliphatic carbocycles. The van der Waals surface area contributed by atoms with Gasteiger partial charge in [-0.25, -0.2) is 0 Å². The molecule has 33 heavy (non-hydrogen) atoms. The number of hydrogen-bond donors (Lipinski definition) is 2. The van der Waals surface area contributed by atoms with E-state index in [0.717, 1.165) is 6.54 Å². The summed E-state index contributed by atoms with van der Waals surface area (Å²) in [6.45, 7) is 3.12. The predicted octanol–water partition coefficient (Wildman–Crippen LogP) is 3.95. The molecule has 7 nitrogen and oxygen atoms in total. The topological polar surface area (TPSA) is 79.9 Å². The number of carbonyl (C=O) groups is 2. The Kier molecular flexibility index (Phi) is 7.50. The second kappa shape index (κ2) is 10.7. The van der Waals surface area contributed by atoms with Crippen LogP contribution in [-0.4, -0.2) is 56.6 Å². The van der Waals surface area contributed by atoms with Gasteiger partial charge in [0.1, 0.15) is 11.5 Å². The fourth-order valence-electron chi connectivity index (χ4n) is 4.99. The summed E-state index contributed by atoms with van der Waals surface area (Å²) in [5, 5.41) is 5.99. The molecular formula is C26H33N3O4. The monoisotopic (exact) mass is 451 g/mol. The highest BCUT2D eigenvalue weighted by Crippen LogP contribution is 2.30. The van der Waals surface area contributed by atoms with E-state index in [0.29, 0.717) is 40.3 Å². The Labute approximate surface area is 195 Å². The Hall–Kier alpha value is -3.06. The minimum atomic E-state index is -0.279. The van der Waals surface area contributed by atoms with Gasteiger partial charge in [-0.05, 0) is 81.1 Å². The first-order valence-corrected chi connectivity index (χ1v) is 11.7. The standard InChI is InChI=1S/C26H33N3O4/c1-32-22-14-20(15-23(16-22)33-2)26(31)28-21-10-8-18(9-11-21)25(30)27-17-19-6-5-13-29-12-4-3-7-24(19)29/h8-11,14-16,19,24H,3-7,12-13,17H2,1-2H3,(H,27,30)(H,28,31)/t19-,24+/m0/s1. The minimum Gasteiger partial charge on any atom is -0.497 e. The fourth-order valence-corrected chi connectivity index (χ4v) is 4.99. The molecule has 2 heterocycles. The van der Waals surface area contributed by atoms with Gasteiger partial charge in [0.25, 0.3) is 11.8 Å². The maximum atomic E-state index is 12.7. The van der Waals surface area contributed by atoms with Gasteiger partial charge in [0.2, 0.25) is 0 Å². The molecule has 0 bridgehead atoms. The number of anilines is 1. The Morgan fingerprint density at radius 3 is 2.27 bits per heavy atom. The lowest BCUT2D eigenvalue weighted by atomic mass is 9.83. The van der Waals surface area contributed by atoms with Gasteiger partial charge < -0.3 is 25.0 Å². The zero-order valence-electron chi connectivity index (χ0n) is 19.4. The van der Waals surface area contributed by atoms with Crippen molar-refractivity contribution in [1.82, 2.24) is 10.2 Å². The lowest BCUT2D eigenvalue weighted by Gasteiger charge is -2.44. The van der Waals surface area contributed by atoms with Crippen molar-refractivity contribution in [2.24, 2.45) is 5.92 Å². The van der Waals surface area contributed by atoms with Gasteiger partial charge in [0, 0.05) is 35.5 Å². The molecule has 2 atom stereocenters. The van der Waals surface area contributed by atoms with Crippen molar-refractivity contribution in [2.75, 3.05) is 39.2 Å². The van der Waals surface area contributed by atoms with E-state index < -0.39 is 0 Å². The molecule has 2 aliphatic rings. The maximum Gasteiger partial charge on any atom is 0.255 e. The van der Waals surface area contributed by atoms with Crippen molar-refractivity contribution in [2.45, 2.75) is 38.1 Å². The third kappa shape index (κ3) is 5.66. The van der Waals surface area contributed by atoms with E-state index in [2.05, 4.69) is 15.5 Å². The van der Waals surface area contributed by atoms with E-state index in [1.54, 1.807) is 56.7 Å². The summed E-state index contributed by atoms with van der Waals surface area (Å²) in [5.41, 5.74) is 1.63. The largest absolute Gasteiger partial charge is 0.497 e. The third-order valence-corrected chi connectivity index (χ3v) is 6.77. The molecule has 4 rings (SSSR count). The molecule has 2 saturated heterocycles. The number of rotatable bonds is 7. The second-order valence-electron chi connectivity index (χ2n) is 8.84. The summed E-state index contributed by atoms with van der Waals surface area (Å²) >= 11 is 0. The minimum absolute atomic E-state index is 0.0710. The van der Waals surface area contributed by atoms with Gasteiger partial charge in [-0.3, -0.25) is 9.59 Å². The summed E-state index contributed by atoms with van der Waals surface area (Å²) in [7, 11) is 3.08. The van der Waals surface area contributed by atoms with Crippen LogP contribution in [0.1, 0.15) is 52.8 Å². The van der Waals surface area contributed by atoms with Gasteiger partial charge in [-0.15, -0.1) is 0 Å². The van der Waals surface area contributed by atoms with Crippen LogP contribution in [0.4, 0.5) is 5.69 Å². The van der Waals surface area contributed by atoms with Crippen LogP contribution in [0.25, 0.3) is 0 Å². The highest BCUT2D eigenvalue weighted by molar-refractivity contribution is 6.05. The van der Waals surface area contributed by atoms with E-state index in [-0.39, 0.29) is 11.8 Å². The lowest BCUT2D eigenvalue weighted by molar-refractivity contribution is 0.0575. The van der Waals surface area contributed by atoms with E-state index in [1.165, 1.54) is 45.2 Å². The summed E-state index contributed by atoms with van der Waals surface area (Å²) in [4.78, 5) is 28.0. The molecule has 2 aromatic carbocycles. The van der Waals surface area contributed by atoms with Crippen LogP contribution in [0.3, 0.4) is 0 Å². The van der Waals surface area contributed by atoms with Crippen LogP contribution < -0.4 is 20.1 Å². The smallest absolute Gasteiger partial charge is 0.255 e. The molecular weight excluding hydrogens is 418 g/mol. The fraction of sp³-hybridized carbons (Fsp3) is 0.462. The van der Waals surface area contributed by atoms with Crippen molar-refractivity contribution in [3.63, 3.8) is 0 Å². The van der Waals surface area contributed by atoms with Crippen LogP contribution in [-0.2, 0) is 0 Å². The number of amides is 2. The molecule has 2 aromatic rings. The van der Waals surface area contributed by atoms with Crippen molar-refractivity contribution in [3.05, 3.63) is 53.6 Å². The van der Waals surface area contributed by atoms with E-state index in [4.69, 9.17) is 9.47 Å². The molecule has 2 aliphatic heterocycles.